The Kier molecular flexibility index (Phi) is 4.11. The molecule has 0 rings (SSSR count). The minimum atomic E-state index is -0.704. The van der Waals surface area contributed by atoms with Crippen LogP contribution in [0.1, 0.15) is 34.6 Å². The van der Waals surface area contributed by atoms with Crippen LogP contribution in [0.2, 0.25) is 0 Å². The van der Waals surface area contributed by atoms with Crippen LogP contribution < -0.4 is 0 Å². The monoisotopic (exact) mass is 190 g/mol. The Morgan fingerprint density at radius 1 is 1.33 bits per heavy atom. The molecule has 3 heteroatoms. The summed E-state index contributed by atoms with van der Waals surface area (Å²) in [5.74, 6) is -0.517. The standard InChI is InChI=1S/C9H18O2S/c1-6(2)7(8(10)11)12-9(3,4)5/h6-7H,1-5H3,(H,10,11)/t7-/m0/s1. The predicted molar refractivity (Wildman–Crippen MR) is 53.6 cm³/mol. The summed E-state index contributed by atoms with van der Waals surface area (Å²) in [5.41, 5.74) is 0. The molecule has 0 aliphatic carbocycles. The zero-order chi connectivity index (χ0) is 9.94. The van der Waals surface area contributed by atoms with Crippen molar-refractivity contribution in [2.45, 2.75) is 44.6 Å². The first-order valence-electron chi connectivity index (χ1n) is 4.14. The van der Waals surface area contributed by atoms with Crippen LogP contribution >= 0.6 is 11.8 Å². The molecule has 0 spiro atoms. The van der Waals surface area contributed by atoms with Gasteiger partial charge in [-0.3, -0.25) is 4.79 Å². The number of thioether (sulfide) groups is 1. The van der Waals surface area contributed by atoms with E-state index < -0.39 is 5.97 Å². The summed E-state index contributed by atoms with van der Waals surface area (Å²) in [6.07, 6.45) is 0. The van der Waals surface area contributed by atoms with Gasteiger partial charge in [0.25, 0.3) is 0 Å². The van der Waals surface area contributed by atoms with Crippen LogP contribution in [0.25, 0.3) is 0 Å². The fourth-order valence-electron chi connectivity index (χ4n) is 0.853. The summed E-state index contributed by atoms with van der Waals surface area (Å²) < 4.78 is 0.0212. The molecule has 0 amide bonds. The van der Waals surface area contributed by atoms with Crippen molar-refractivity contribution in [1.82, 2.24) is 0 Å². The van der Waals surface area contributed by atoms with Crippen LogP contribution in [0.4, 0.5) is 0 Å². The van der Waals surface area contributed by atoms with Gasteiger partial charge in [-0.15, -0.1) is 11.8 Å². The van der Waals surface area contributed by atoms with Crippen LogP contribution in [-0.2, 0) is 4.79 Å². The SMILES string of the molecule is CC(C)[C@H](SC(C)(C)C)C(=O)O. The van der Waals surface area contributed by atoms with Crippen molar-refractivity contribution in [2.24, 2.45) is 5.92 Å². The number of aliphatic carboxylic acids is 1. The molecule has 0 aliphatic rings. The van der Waals surface area contributed by atoms with E-state index in [1.54, 1.807) is 0 Å². The summed E-state index contributed by atoms with van der Waals surface area (Å²) in [5, 5.41) is 8.60. The molecule has 72 valence electrons. The lowest BCUT2D eigenvalue weighted by Crippen LogP contribution is -2.27. The van der Waals surface area contributed by atoms with Crippen LogP contribution in [0.3, 0.4) is 0 Å². The predicted octanol–water partition coefficient (Wildman–Crippen LogP) is 2.63. The van der Waals surface area contributed by atoms with Crippen LogP contribution in [-0.4, -0.2) is 21.1 Å². The third kappa shape index (κ3) is 4.65. The van der Waals surface area contributed by atoms with E-state index in [0.29, 0.717) is 0 Å². The number of carbonyl (C=O) groups is 1. The Labute approximate surface area is 78.7 Å². The molecule has 0 aliphatic heterocycles. The van der Waals surface area contributed by atoms with Gasteiger partial charge in [-0.2, -0.15) is 0 Å². The van der Waals surface area contributed by atoms with E-state index in [9.17, 15) is 4.79 Å². The second-order valence-electron chi connectivity index (χ2n) is 4.23. The average Bonchev–Trinajstić information content (AvgIpc) is 1.79. The molecule has 1 N–H and O–H groups in total. The molecule has 0 aromatic rings. The first-order valence-corrected chi connectivity index (χ1v) is 5.02. The van der Waals surface area contributed by atoms with Gasteiger partial charge in [0.2, 0.25) is 0 Å². The molecule has 0 radical (unpaired) electrons. The first kappa shape index (κ1) is 11.8. The van der Waals surface area contributed by atoms with Crippen molar-refractivity contribution >= 4 is 17.7 Å². The van der Waals surface area contributed by atoms with E-state index in [-0.39, 0.29) is 15.9 Å². The van der Waals surface area contributed by atoms with Gasteiger partial charge in [-0.1, -0.05) is 34.6 Å². The van der Waals surface area contributed by atoms with E-state index in [0.717, 1.165) is 0 Å². The fourth-order valence-corrected chi connectivity index (χ4v) is 1.99. The Bertz CT molecular complexity index is 158. The molecule has 2 nitrogen and oxygen atoms in total. The maximum Gasteiger partial charge on any atom is 0.316 e. The van der Waals surface area contributed by atoms with Gasteiger partial charge in [0.15, 0.2) is 0 Å². The smallest absolute Gasteiger partial charge is 0.316 e. The second-order valence-corrected chi connectivity index (χ2v) is 6.20. The molecule has 0 aromatic carbocycles. The molecule has 0 aromatic heterocycles. The fraction of sp³-hybridized carbons (Fsp3) is 0.889. The molecule has 0 bridgehead atoms. The Balaban J connectivity index is 4.25. The Morgan fingerprint density at radius 3 is 1.83 bits per heavy atom. The molecule has 0 unspecified atom stereocenters. The Hall–Kier alpha value is -0.180. The number of rotatable bonds is 3. The van der Waals surface area contributed by atoms with Gasteiger partial charge in [-0.25, -0.2) is 0 Å². The second kappa shape index (κ2) is 4.17. The summed E-state index contributed by atoms with van der Waals surface area (Å²) in [7, 11) is 0. The normalized spacial score (nSPS) is 14.8. The van der Waals surface area contributed by atoms with Gasteiger partial charge in [0, 0.05) is 4.75 Å². The molecule has 0 heterocycles. The lowest BCUT2D eigenvalue weighted by molar-refractivity contribution is -0.137. The van der Waals surface area contributed by atoms with Crippen molar-refractivity contribution in [3.8, 4) is 0 Å². The largest absolute Gasteiger partial charge is 0.480 e. The first-order chi connectivity index (χ1) is 5.24. The van der Waals surface area contributed by atoms with Crippen molar-refractivity contribution in [3.63, 3.8) is 0 Å². The molecule has 12 heavy (non-hydrogen) atoms. The third-order valence-electron chi connectivity index (χ3n) is 1.33. The number of hydrogen-bond acceptors (Lipinski definition) is 2. The van der Waals surface area contributed by atoms with Crippen LogP contribution in [0.15, 0.2) is 0 Å². The van der Waals surface area contributed by atoms with E-state index >= 15 is 0 Å². The van der Waals surface area contributed by atoms with Crippen molar-refractivity contribution in [1.29, 1.82) is 0 Å². The average molecular weight is 190 g/mol. The van der Waals surface area contributed by atoms with Gasteiger partial charge in [-0.05, 0) is 5.92 Å². The van der Waals surface area contributed by atoms with Crippen molar-refractivity contribution in [2.75, 3.05) is 0 Å². The molecule has 0 fully saturated rings. The van der Waals surface area contributed by atoms with E-state index in [2.05, 4.69) is 0 Å². The summed E-state index contributed by atoms with van der Waals surface area (Å²) >= 11 is 1.52. The number of hydrogen-bond donors (Lipinski definition) is 1. The summed E-state index contributed by atoms with van der Waals surface area (Å²) in [6, 6.07) is 0. The molecule has 0 saturated carbocycles. The maximum atomic E-state index is 10.8. The quantitative estimate of drug-likeness (QED) is 0.743. The highest BCUT2D eigenvalue weighted by Gasteiger charge is 2.27. The van der Waals surface area contributed by atoms with Gasteiger partial charge in [0.05, 0.1) is 0 Å². The summed E-state index contributed by atoms with van der Waals surface area (Å²) in [6.45, 7) is 10.00. The van der Waals surface area contributed by atoms with Gasteiger partial charge < -0.3 is 5.11 Å². The highest BCUT2D eigenvalue weighted by Crippen LogP contribution is 2.31. The summed E-state index contributed by atoms with van der Waals surface area (Å²) in [4.78, 5) is 10.8. The zero-order valence-corrected chi connectivity index (χ0v) is 9.23. The van der Waals surface area contributed by atoms with Gasteiger partial charge in [0.1, 0.15) is 5.25 Å². The van der Waals surface area contributed by atoms with Crippen LogP contribution in [0, 0.1) is 5.92 Å². The lowest BCUT2D eigenvalue weighted by Gasteiger charge is -2.25. The zero-order valence-electron chi connectivity index (χ0n) is 8.42. The molecule has 0 saturated heterocycles. The maximum absolute atomic E-state index is 10.8. The minimum absolute atomic E-state index is 0.0212. The molecule has 1 atom stereocenters. The highest BCUT2D eigenvalue weighted by atomic mass is 32.2. The van der Waals surface area contributed by atoms with Crippen LogP contribution in [0.5, 0.6) is 0 Å². The van der Waals surface area contributed by atoms with Crippen molar-refractivity contribution in [3.05, 3.63) is 0 Å². The topological polar surface area (TPSA) is 37.3 Å². The molecular formula is C9H18O2S. The van der Waals surface area contributed by atoms with E-state index in [1.807, 2.05) is 34.6 Å². The number of carboxylic acid groups (broad SMARTS) is 1. The highest BCUT2D eigenvalue weighted by molar-refractivity contribution is 8.01. The lowest BCUT2D eigenvalue weighted by atomic mass is 10.1. The van der Waals surface area contributed by atoms with E-state index in [1.165, 1.54) is 11.8 Å². The minimum Gasteiger partial charge on any atom is -0.480 e. The Morgan fingerprint density at radius 2 is 1.75 bits per heavy atom. The van der Waals surface area contributed by atoms with Crippen molar-refractivity contribution < 1.29 is 9.90 Å². The van der Waals surface area contributed by atoms with E-state index in [4.69, 9.17) is 5.11 Å². The molecular weight excluding hydrogens is 172 g/mol. The number of carboxylic acids is 1. The third-order valence-corrected chi connectivity index (χ3v) is 3.04. The van der Waals surface area contributed by atoms with Gasteiger partial charge >= 0.3 is 5.97 Å².